The normalized spacial score (nSPS) is 13.5. The second kappa shape index (κ2) is 18.4. The Hall–Kier alpha value is 0.168. The fourth-order valence-electron chi connectivity index (χ4n) is 3.11. The molecule has 2 radical (unpaired) electrons. The molecule has 11 nitrogen and oxygen atoms in total. The highest BCUT2D eigenvalue weighted by Gasteiger charge is 2.38. The van der Waals surface area contributed by atoms with Crippen LogP contribution in [0, 0.1) is 0 Å². The molecule has 196 valence electrons. The highest BCUT2D eigenvalue weighted by molar-refractivity contribution is 6.67. The van der Waals surface area contributed by atoms with E-state index in [9.17, 15) is 0 Å². The molecule has 0 aliphatic heterocycles. The summed E-state index contributed by atoms with van der Waals surface area (Å²) in [6, 6.07) is 1.46. The van der Waals surface area contributed by atoms with E-state index in [1.54, 1.807) is 64.0 Å². The van der Waals surface area contributed by atoms with E-state index in [-0.39, 0.29) is 5.79 Å². The monoisotopic (exact) mass is 544 g/mol. The second-order valence-electron chi connectivity index (χ2n) is 6.86. The lowest BCUT2D eigenvalue weighted by atomic mass is 10.4. The molecule has 0 aromatic carbocycles. The lowest BCUT2D eigenvalue weighted by Crippen LogP contribution is -2.49. The van der Waals surface area contributed by atoms with Gasteiger partial charge in [-0.05, 0) is 31.6 Å². The smallest absolute Gasteiger partial charge is 0.377 e. The lowest BCUT2D eigenvalue weighted by Gasteiger charge is -2.26. The summed E-state index contributed by atoms with van der Waals surface area (Å²) in [5.74, 6) is 0.0610. The molecule has 15 heteroatoms. The van der Waals surface area contributed by atoms with E-state index in [2.05, 4.69) is 10.6 Å². The molecule has 2 N–H and O–H groups in total. The van der Waals surface area contributed by atoms with Crippen molar-refractivity contribution in [2.24, 2.45) is 0 Å². The van der Waals surface area contributed by atoms with Crippen molar-refractivity contribution in [3.05, 3.63) is 11.4 Å². The third kappa shape index (κ3) is 11.6. The molecule has 0 rings (SSSR count). The average molecular weight is 545 g/mol. The molecule has 0 saturated heterocycles. The van der Waals surface area contributed by atoms with Crippen LogP contribution in [0.4, 0.5) is 0 Å². The Morgan fingerprint density at radius 1 is 0.606 bits per heavy atom. The molecule has 0 heterocycles. The third-order valence-corrected chi connectivity index (χ3v) is 14.7. The Bertz CT molecular complexity index is 459. The van der Waals surface area contributed by atoms with E-state index in [4.69, 9.17) is 39.8 Å². The van der Waals surface area contributed by atoms with Gasteiger partial charge in [-0.15, -0.1) is 0 Å². The molecule has 0 aromatic heterocycles. The van der Waals surface area contributed by atoms with Crippen LogP contribution in [0.3, 0.4) is 0 Å². The van der Waals surface area contributed by atoms with E-state index in [1.807, 2.05) is 11.4 Å². The fraction of sp³-hybridized carbons (Fsp3) is 0.889. The summed E-state index contributed by atoms with van der Waals surface area (Å²) in [4.78, 5) is 0. The highest BCUT2D eigenvalue weighted by Crippen LogP contribution is 2.15. The van der Waals surface area contributed by atoms with Gasteiger partial charge in [0.15, 0.2) is 0 Å². The maximum atomic E-state index is 5.50. The van der Waals surface area contributed by atoms with Crippen molar-refractivity contribution >= 4 is 35.9 Å². The van der Waals surface area contributed by atoms with Crippen LogP contribution < -0.4 is 10.6 Å². The number of nitrogens with one attached hydrogen (secondary N) is 2. The SMILES string of the molecule is CO[Si](C=C[Si]C(NCCC[Si](OC)(OC)OC)NCCC[Si](OC)(OC)OC)(OC)OC. The first-order valence-electron chi connectivity index (χ1n) is 10.7. The van der Waals surface area contributed by atoms with Crippen LogP contribution >= 0.6 is 0 Å². The van der Waals surface area contributed by atoms with Gasteiger partial charge in [0.2, 0.25) is 0 Å². The van der Waals surface area contributed by atoms with Crippen LogP contribution in [0.25, 0.3) is 0 Å². The summed E-state index contributed by atoms with van der Waals surface area (Å²) in [5.41, 5.74) is 3.95. The zero-order chi connectivity index (χ0) is 25.2. The van der Waals surface area contributed by atoms with E-state index in [0.29, 0.717) is 9.52 Å². The van der Waals surface area contributed by atoms with Gasteiger partial charge in [0.25, 0.3) is 0 Å². The lowest BCUT2D eigenvalue weighted by molar-refractivity contribution is 0.122. The number of hydrogen-bond acceptors (Lipinski definition) is 11. The number of hydrogen-bond donors (Lipinski definition) is 2. The van der Waals surface area contributed by atoms with Gasteiger partial charge in [-0.25, -0.2) is 0 Å². The zero-order valence-electron chi connectivity index (χ0n) is 21.6. The van der Waals surface area contributed by atoms with Crippen molar-refractivity contribution in [1.82, 2.24) is 10.6 Å². The largest absolute Gasteiger partial charge is 0.528 e. The summed E-state index contributed by atoms with van der Waals surface area (Å²) in [5, 5.41) is 7.12. The van der Waals surface area contributed by atoms with Gasteiger partial charge >= 0.3 is 26.4 Å². The second-order valence-corrected chi connectivity index (χ2v) is 17.0. The fourth-order valence-corrected chi connectivity index (χ4v) is 9.38. The maximum Gasteiger partial charge on any atom is 0.528 e. The molecule has 0 aliphatic carbocycles. The molecule has 0 saturated carbocycles. The Morgan fingerprint density at radius 2 is 0.970 bits per heavy atom. The first-order chi connectivity index (χ1) is 15.8. The van der Waals surface area contributed by atoms with Gasteiger partial charge in [0.05, 0.1) is 0 Å². The van der Waals surface area contributed by atoms with E-state index in [1.165, 1.54) is 0 Å². The number of rotatable bonds is 22. The van der Waals surface area contributed by atoms with Gasteiger partial charge in [-0.2, -0.15) is 0 Å². The van der Waals surface area contributed by atoms with Gasteiger partial charge in [0, 0.05) is 81.9 Å². The van der Waals surface area contributed by atoms with E-state index >= 15 is 0 Å². The minimum absolute atomic E-state index is 0.0610. The first-order valence-corrected chi connectivity index (χ1v) is 17.5. The molecule has 0 aliphatic rings. The molecule has 0 fully saturated rings. The minimum Gasteiger partial charge on any atom is -0.377 e. The van der Waals surface area contributed by atoms with Crippen molar-refractivity contribution in [2.75, 3.05) is 77.1 Å². The summed E-state index contributed by atoms with van der Waals surface area (Å²) in [6.45, 7) is 1.55. The van der Waals surface area contributed by atoms with Crippen LogP contribution in [0.15, 0.2) is 11.4 Å². The van der Waals surface area contributed by atoms with E-state index in [0.717, 1.165) is 38.0 Å². The van der Waals surface area contributed by atoms with Crippen molar-refractivity contribution in [1.29, 1.82) is 0 Å². The van der Waals surface area contributed by atoms with Crippen LogP contribution in [0.5, 0.6) is 0 Å². The molecule has 0 aromatic rings. The van der Waals surface area contributed by atoms with Crippen LogP contribution in [0.2, 0.25) is 12.1 Å². The minimum atomic E-state index is -2.76. The summed E-state index contributed by atoms with van der Waals surface area (Å²) >= 11 is 0. The molecule has 0 bridgehead atoms. The third-order valence-electron chi connectivity index (χ3n) is 5.29. The summed E-state index contributed by atoms with van der Waals surface area (Å²) < 4.78 is 49.4. The Morgan fingerprint density at radius 3 is 1.27 bits per heavy atom. The quantitative estimate of drug-likeness (QED) is 0.114. The molecule has 0 unspecified atom stereocenters. The first kappa shape index (κ1) is 33.2. The van der Waals surface area contributed by atoms with E-state index < -0.39 is 26.4 Å². The van der Waals surface area contributed by atoms with Crippen LogP contribution in [-0.2, 0) is 39.8 Å². The van der Waals surface area contributed by atoms with Gasteiger partial charge in [-0.1, -0.05) is 5.70 Å². The molecule has 0 amide bonds. The predicted octanol–water partition coefficient (Wildman–Crippen LogP) is 0.621. The molecular weight excluding hydrogens is 501 g/mol. The molecule has 33 heavy (non-hydrogen) atoms. The molecule has 0 atom stereocenters. The summed E-state index contributed by atoms with van der Waals surface area (Å²) in [7, 11) is 7.08. The van der Waals surface area contributed by atoms with Gasteiger partial charge in [-0.3, -0.25) is 0 Å². The zero-order valence-corrected chi connectivity index (χ0v) is 25.6. The molecular formula is C18H44N2O9Si4. The highest BCUT2D eigenvalue weighted by atomic mass is 28.4. The van der Waals surface area contributed by atoms with Crippen molar-refractivity contribution in [3.8, 4) is 0 Å². The van der Waals surface area contributed by atoms with Crippen molar-refractivity contribution < 1.29 is 39.8 Å². The topological polar surface area (TPSA) is 107 Å². The Kier molecular flexibility index (Phi) is 18.5. The average Bonchev–Trinajstić information content (AvgIpc) is 2.87. The van der Waals surface area contributed by atoms with Crippen molar-refractivity contribution in [3.63, 3.8) is 0 Å². The standard InChI is InChI=1S/C18H44N2O9Si4/c1-21-31(22-2,23-3)15-10-12-19-18(30-14-17-33(27-7,28-8)29-9)20-13-11-16-32(24-4,25-5)26-6/h14,17-20H,10-13,15-16H2,1-9H3. The Labute approximate surface area is 205 Å². The predicted molar refractivity (Wildman–Crippen MR) is 134 cm³/mol. The van der Waals surface area contributed by atoms with Gasteiger partial charge in [0.1, 0.15) is 9.52 Å². The van der Waals surface area contributed by atoms with Crippen LogP contribution in [-0.4, -0.2) is 119 Å². The maximum absolute atomic E-state index is 5.50. The Balaban J connectivity index is 4.91. The van der Waals surface area contributed by atoms with Gasteiger partial charge < -0.3 is 50.5 Å². The summed E-state index contributed by atoms with van der Waals surface area (Å²) in [6.07, 6.45) is 1.71. The van der Waals surface area contributed by atoms with Crippen molar-refractivity contribution in [2.45, 2.75) is 30.7 Å². The van der Waals surface area contributed by atoms with Crippen LogP contribution in [0.1, 0.15) is 12.8 Å². The molecule has 0 spiro atoms.